The fourth-order valence-corrected chi connectivity index (χ4v) is 26.2. The van der Waals surface area contributed by atoms with Crippen LogP contribution in [0.1, 0.15) is 79.6 Å². The number of likely N-dealkylation sites (N-methyl/N-ethyl adjacent to an activating group) is 1. The van der Waals surface area contributed by atoms with Crippen LogP contribution in [-0.2, 0) is 42.3 Å². The van der Waals surface area contributed by atoms with Gasteiger partial charge < -0.3 is 70.5 Å². The van der Waals surface area contributed by atoms with Crippen molar-refractivity contribution in [3.63, 3.8) is 0 Å². The maximum absolute atomic E-state index is 10.4. The third kappa shape index (κ3) is 36.2. The first kappa shape index (κ1) is 115. The molecule has 12 aromatic carbocycles. The molecule has 12 aromatic rings. The van der Waals surface area contributed by atoms with Gasteiger partial charge in [-0.05, 0) is 208 Å². The maximum atomic E-state index is 10.4. The Morgan fingerprint density at radius 3 is 0.738 bits per heavy atom. The van der Waals surface area contributed by atoms with Gasteiger partial charge in [0.2, 0.25) is 11.8 Å². The number of halogens is 5. The van der Waals surface area contributed by atoms with Crippen molar-refractivity contribution in [3.8, 4) is 0 Å². The molecule has 0 aromatic heterocycles. The molecule has 7 fully saturated rings. The van der Waals surface area contributed by atoms with E-state index in [1.807, 2.05) is 70.6 Å². The lowest BCUT2D eigenvalue weighted by Crippen LogP contribution is -2.43. The molecule has 0 unspecified atom stereocenters. The van der Waals surface area contributed by atoms with Gasteiger partial charge in [-0.15, -0.1) is 0 Å². The van der Waals surface area contributed by atoms with Gasteiger partial charge in [0, 0.05) is 250 Å². The molecule has 2 amide bonds. The van der Waals surface area contributed by atoms with Gasteiger partial charge in [0.05, 0.1) is 84.6 Å². The molecule has 0 spiro atoms. The minimum absolute atomic E-state index is 0.144. The van der Waals surface area contributed by atoms with Gasteiger partial charge in [-0.2, -0.15) is 0 Å². The number of carbonyl (C=O) groups excluding carboxylic acids is 2. The molecule has 7 heterocycles. The summed E-state index contributed by atoms with van der Waals surface area (Å²) in [6, 6.07) is 92.8. The molecule has 0 aliphatic carbocycles. The van der Waals surface area contributed by atoms with Crippen molar-refractivity contribution in [3.05, 3.63) is 322 Å². The molecule has 0 saturated carbocycles. The number of benzene rings is 12. The molecule has 0 atom stereocenters. The number of alkyl halides is 4. The van der Waals surface area contributed by atoms with Crippen LogP contribution in [0.3, 0.4) is 0 Å². The number of anilines is 6. The third-order valence-corrected chi connectivity index (χ3v) is 36.1. The van der Waals surface area contributed by atoms with Gasteiger partial charge >= 0.3 is 0 Å². The summed E-state index contributed by atoms with van der Waals surface area (Å²) in [4.78, 5) is 51.9. The second kappa shape index (κ2) is 60.7. The Morgan fingerprint density at radius 2 is 0.503 bits per heavy atom. The summed E-state index contributed by atoms with van der Waals surface area (Å²) in [5.41, 5.74) is 24.1. The predicted octanol–water partition coefficient (Wildman–Crippen LogP) is 25.9. The quantitative estimate of drug-likeness (QED) is 0.00956. The van der Waals surface area contributed by atoms with E-state index in [9.17, 15) is 9.59 Å². The normalized spacial score (nSPS) is 15.4. The number of piperazine rings is 6. The van der Waals surface area contributed by atoms with Gasteiger partial charge in [-0.1, -0.05) is 297 Å². The molecule has 6 N–H and O–H groups in total. The van der Waals surface area contributed by atoms with Crippen molar-refractivity contribution in [2.24, 2.45) is 0 Å². The highest BCUT2D eigenvalue weighted by Gasteiger charge is 2.28. The summed E-state index contributed by atoms with van der Waals surface area (Å²) >= 11 is 28.4. The van der Waals surface area contributed by atoms with Crippen LogP contribution in [-0.4, -0.2) is 212 Å². The van der Waals surface area contributed by atoms with E-state index in [1.54, 1.807) is 0 Å². The number of imide groups is 1. The highest BCUT2D eigenvalue weighted by atomic mass is 79.9. The van der Waals surface area contributed by atoms with Crippen molar-refractivity contribution >= 4 is 196 Å². The van der Waals surface area contributed by atoms with Gasteiger partial charge in [0.15, 0.2) is 0 Å². The second-order valence-corrected chi connectivity index (χ2v) is 47.3. The summed E-state index contributed by atoms with van der Waals surface area (Å²) in [5.74, 6) is -0.287. The van der Waals surface area contributed by atoms with Crippen molar-refractivity contribution < 1.29 is 18.8 Å². The highest BCUT2D eigenvalue weighted by molar-refractivity contribution is 9.09. The van der Waals surface area contributed by atoms with E-state index in [0.29, 0.717) is 19.4 Å². The number of quaternary nitrogens is 1. The van der Waals surface area contributed by atoms with E-state index in [1.165, 1.54) is 160 Å². The van der Waals surface area contributed by atoms with Gasteiger partial charge in [-0.3, -0.25) is 9.59 Å². The Balaban J connectivity index is 0.000000144. The van der Waals surface area contributed by atoms with Crippen LogP contribution in [0.25, 0.3) is 0 Å². The first-order chi connectivity index (χ1) is 70.5. The lowest BCUT2D eigenvalue weighted by molar-refractivity contribution is -0.870. The SMILES string of the molecule is Cc1cc(CBr)ccc1Sc1ccccc1N1CCNCC1.Cc1cc(CBr)ccc1Sc1ccccc1N1CCNCC1.Cc1cc(COCC[N+](C)(C)C)ccc1Sc1ccccc1N1CCNCC1.Cc1ccc(Sc2ccccc2N2CCNCC2)c(C)c1.Cc1ccc(Sc2ccccc2N2CCNCC2)c(CBr)c1.Cc1ccc(Sc2ccccc2N2CCNCC2)c(CBr)c1.O=C1CCC(=O)N1Br. The summed E-state index contributed by atoms with van der Waals surface area (Å²) < 4.78 is 7.78. The largest absolute Gasteiger partial charge is 0.371 e. The van der Waals surface area contributed by atoms with Crippen LogP contribution in [0.4, 0.5) is 34.1 Å². The fraction of sp³-hybridized carbons (Fsp3) is 0.368. The molecular formula is C117H144Br5N14O3S6+. The number of hydrogen-bond acceptors (Lipinski definition) is 21. The first-order valence-corrected chi connectivity index (χ1v) is 60.6. The van der Waals surface area contributed by atoms with Gasteiger partial charge in [-0.25, -0.2) is 3.93 Å². The molecular weight excluding hydrogens is 2240 g/mol. The van der Waals surface area contributed by atoms with Crippen LogP contribution in [0.5, 0.6) is 0 Å². The summed E-state index contributed by atoms with van der Waals surface area (Å²) in [6.45, 7) is 43.5. The molecule has 145 heavy (non-hydrogen) atoms. The Kier molecular flexibility index (Phi) is 48.1. The standard InChI is InChI=1S/C23H34N3OS.4C18H21BrN2S.C18H22N2S.C4H4BrNO2/c1-19-17-20(18-27-16-15-26(2,3)4)9-10-22(19)28-23-8-6-5-7-21(23)25-13-11-24-12-14-25;2*1-14-12-15(13-19)6-7-17(14)22-18-5-3-2-4-16(18)21-10-8-20-9-11-21;2*1-14-6-7-17(15(12-14)13-19)22-18-5-3-2-4-16(18)21-10-8-20-9-11-21;1-14-7-8-17(15(2)13-14)21-18-6-4-3-5-16(18)20-11-9-19-10-12-20;5-6-3(7)1-2-4(6)8/h5-10,17,24H,11-16,18H2,1-4H3;4*2-7,12,20H,8-11,13H2,1H3;3-8,13,19H,9-12H2,1-2H3;1-2H2/q+1;;;;;;. The molecule has 0 bridgehead atoms. The van der Waals surface area contributed by atoms with E-state index < -0.39 is 0 Å². The van der Waals surface area contributed by atoms with Crippen LogP contribution < -0.4 is 61.3 Å². The third-order valence-electron chi connectivity index (χ3n) is 25.5. The predicted molar refractivity (Wildman–Crippen MR) is 639 cm³/mol. The Bertz CT molecular complexity index is 5850. The molecule has 19 rings (SSSR count). The number of aryl methyl sites for hydroxylation is 7. The number of ether oxygens (including phenoxy) is 1. The zero-order valence-electron chi connectivity index (χ0n) is 85.7. The highest BCUT2D eigenvalue weighted by Crippen LogP contribution is 2.45. The van der Waals surface area contributed by atoms with E-state index in [2.05, 4.69) is 466 Å². The minimum atomic E-state index is -0.144. The molecule has 7 saturated heterocycles. The molecule has 17 nitrogen and oxygen atoms in total. The maximum Gasteiger partial charge on any atom is 0.239 e. The average Bonchev–Trinajstić information content (AvgIpc) is 1.51. The van der Waals surface area contributed by atoms with Gasteiger partial charge in [0.25, 0.3) is 0 Å². The van der Waals surface area contributed by atoms with Crippen molar-refractivity contribution in [1.82, 2.24) is 35.8 Å². The van der Waals surface area contributed by atoms with Crippen LogP contribution >= 0.6 is 150 Å². The van der Waals surface area contributed by atoms with E-state index >= 15 is 0 Å². The number of rotatable bonds is 27. The number of amides is 2. The zero-order chi connectivity index (χ0) is 102. The van der Waals surface area contributed by atoms with E-state index in [-0.39, 0.29) is 11.8 Å². The number of carbonyl (C=O) groups is 2. The number of nitrogens with one attached hydrogen (secondary N) is 6. The summed E-state index contributed by atoms with van der Waals surface area (Å²) in [5, 5.41) is 24.2. The van der Waals surface area contributed by atoms with Crippen LogP contribution in [0, 0.1) is 48.5 Å². The molecule has 770 valence electrons. The second-order valence-electron chi connectivity index (χ2n) is 37.8. The monoisotopic (exact) mass is 2380 g/mol. The van der Waals surface area contributed by atoms with Crippen molar-refractivity contribution in [2.45, 2.75) is 148 Å². The molecule has 0 radical (unpaired) electrons. The summed E-state index contributed by atoms with van der Waals surface area (Å²) in [6.07, 6.45) is 0.703. The van der Waals surface area contributed by atoms with E-state index in [4.69, 9.17) is 4.74 Å². The average molecular weight is 2390 g/mol. The summed E-state index contributed by atoms with van der Waals surface area (Å²) in [7, 11) is 6.58. The lowest BCUT2D eigenvalue weighted by atomic mass is 10.1. The van der Waals surface area contributed by atoms with Crippen LogP contribution in [0.15, 0.2) is 314 Å². The van der Waals surface area contributed by atoms with Gasteiger partial charge in [0.1, 0.15) is 6.54 Å². The minimum Gasteiger partial charge on any atom is -0.371 e. The van der Waals surface area contributed by atoms with Crippen molar-refractivity contribution in [2.75, 3.05) is 221 Å². The van der Waals surface area contributed by atoms with E-state index in [0.717, 1.165) is 200 Å². The molecule has 7 aliphatic rings. The Hall–Kier alpha value is -7.24. The Labute approximate surface area is 932 Å². The lowest BCUT2D eigenvalue weighted by Gasteiger charge is -2.31. The fourth-order valence-electron chi connectivity index (χ4n) is 17.5. The smallest absolute Gasteiger partial charge is 0.239 e. The first-order valence-electron chi connectivity index (χ1n) is 50.5. The Morgan fingerprint density at radius 1 is 0.276 bits per heavy atom. The van der Waals surface area contributed by atoms with Crippen molar-refractivity contribution in [1.29, 1.82) is 0 Å². The number of nitrogens with zero attached hydrogens (tertiary/aromatic N) is 8. The molecule has 7 aliphatic heterocycles. The topological polar surface area (TPSA) is 138 Å². The zero-order valence-corrected chi connectivity index (χ0v) is 98.6. The van der Waals surface area contributed by atoms with Crippen LogP contribution in [0.2, 0.25) is 0 Å². The molecule has 28 heteroatoms. The number of hydrogen-bond donors (Lipinski definition) is 6. The number of para-hydroxylation sites is 6.